The fraction of sp³-hybridized carbons (Fsp3) is 0.238. The molecule has 1 aromatic heterocycles. The monoisotopic (exact) mass is 332 g/mol. The van der Waals surface area contributed by atoms with Gasteiger partial charge in [0, 0.05) is 12.4 Å². The van der Waals surface area contributed by atoms with E-state index in [4.69, 9.17) is 0 Å². The third-order valence-corrected chi connectivity index (χ3v) is 5.11. The van der Waals surface area contributed by atoms with Crippen molar-refractivity contribution in [3.8, 4) is 0 Å². The Balaban J connectivity index is 1.71. The third-order valence-electron chi connectivity index (χ3n) is 5.11. The number of nitrogens with zero attached hydrogens (tertiary/aromatic N) is 1. The van der Waals surface area contributed by atoms with Gasteiger partial charge in [-0.25, -0.2) is 0 Å². The summed E-state index contributed by atoms with van der Waals surface area (Å²) in [6.45, 7) is 0. The SMILES string of the molecule is CN(C(=O)c1cc2ccccc2c(=O)[nH]1)[C@@H]1CCCc2ccccc21. The summed E-state index contributed by atoms with van der Waals surface area (Å²) in [5, 5.41) is 1.39. The van der Waals surface area contributed by atoms with Gasteiger partial charge in [0.05, 0.1) is 6.04 Å². The van der Waals surface area contributed by atoms with Gasteiger partial charge in [0.2, 0.25) is 0 Å². The molecule has 1 N–H and O–H groups in total. The molecule has 126 valence electrons. The summed E-state index contributed by atoms with van der Waals surface area (Å²) in [5.74, 6) is -0.149. The van der Waals surface area contributed by atoms with Crippen molar-refractivity contribution in [1.82, 2.24) is 9.88 Å². The van der Waals surface area contributed by atoms with E-state index >= 15 is 0 Å². The van der Waals surface area contributed by atoms with Gasteiger partial charge in [0.25, 0.3) is 11.5 Å². The number of nitrogens with one attached hydrogen (secondary N) is 1. The predicted molar refractivity (Wildman–Crippen MR) is 98.8 cm³/mol. The molecule has 0 aliphatic heterocycles. The van der Waals surface area contributed by atoms with Gasteiger partial charge in [-0.2, -0.15) is 0 Å². The van der Waals surface area contributed by atoms with Crippen molar-refractivity contribution in [2.45, 2.75) is 25.3 Å². The van der Waals surface area contributed by atoms with Crippen LogP contribution in [-0.2, 0) is 6.42 Å². The van der Waals surface area contributed by atoms with E-state index < -0.39 is 0 Å². The lowest BCUT2D eigenvalue weighted by atomic mass is 9.87. The second-order valence-corrected chi connectivity index (χ2v) is 6.62. The minimum absolute atomic E-state index is 0.0485. The number of carbonyl (C=O) groups is 1. The number of fused-ring (bicyclic) bond motifs is 2. The first kappa shape index (κ1) is 15.6. The van der Waals surface area contributed by atoms with Crippen molar-refractivity contribution in [2.75, 3.05) is 7.05 Å². The first-order valence-electron chi connectivity index (χ1n) is 8.62. The molecule has 3 aromatic rings. The smallest absolute Gasteiger partial charge is 0.270 e. The van der Waals surface area contributed by atoms with Crippen LogP contribution in [0.3, 0.4) is 0 Å². The maximum absolute atomic E-state index is 13.0. The topological polar surface area (TPSA) is 53.2 Å². The molecule has 0 saturated carbocycles. The third kappa shape index (κ3) is 2.74. The molecular formula is C21H20N2O2. The van der Waals surface area contributed by atoms with Crippen LogP contribution in [0.4, 0.5) is 0 Å². The standard InChI is InChI=1S/C21H20N2O2/c1-23(19-12-6-9-14-7-2-4-10-16(14)19)21(25)18-13-15-8-3-5-11-17(15)20(24)22-18/h2-5,7-8,10-11,13,19H,6,9,12H2,1H3,(H,22,24)/t19-/m1/s1. The normalized spacial score (nSPS) is 16.4. The van der Waals surface area contributed by atoms with Crippen molar-refractivity contribution < 1.29 is 4.79 Å². The van der Waals surface area contributed by atoms with E-state index in [1.807, 2.05) is 37.4 Å². The molecule has 0 saturated heterocycles. The Kier molecular flexibility index (Phi) is 3.88. The summed E-state index contributed by atoms with van der Waals surface area (Å²) in [6.07, 6.45) is 3.06. The number of carbonyl (C=O) groups excluding carboxylic acids is 1. The lowest BCUT2D eigenvalue weighted by Gasteiger charge is -2.33. The zero-order chi connectivity index (χ0) is 17.4. The quantitative estimate of drug-likeness (QED) is 0.778. The number of benzene rings is 2. The number of pyridine rings is 1. The zero-order valence-corrected chi connectivity index (χ0v) is 14.2. The molecule has 4 nitrogen and oxygen atoms in total. The first-order valence-corrected chi connectivity index (χ1v) is 8.62. The maximum atomic E-state index is 13.0. The number of aromatic nitrogens is 1. The molecule has 0 unspecified atom stereocenters. The summed E-state index contributed by atoms with van der Waals surface area (Å²) < 4.78 is 0. The maximum Gasteiger partial charge on any atom is 0.270 e. The Morgan fingerprint density at radius 3 is 2.76 bits per heavy atom. The van der Waals surface area contributed by atoms with Crippen LogP contribution < -0.4 is 5.56 Å². The molecule has 4 rings (SSSR count). The van der Waals surface area contributed by atoms with Crippen LogP contribution in [0, 0.1) is 0 Å². The molecule has 25 heavy (non-hydrogen) atoms. The largest absolute Gasteiger partial charge is 0.333 e. The van der Waals surface area contributed by atoms with Gasteiger partial charge in [0.1, 0.15) is 5.69 Å². The number of hydrogen-bond donors (Lipinski definition) is 1. The average Bonchev–Trinajstić information content (AvgIpc) is 2.66. The number of aromatic amines is 1. The Hall–Kier alpha value is -2.88. The van der Waals surface area contributed by atoms with Gasteiger partial charge in [-0.1, -0.05) is 42.5 Å². The molecule has 0 bridgehead atoms. The zero-order valence-electron chi connectivity index (χ0n) is 14.2. The van der Waals surface area contributed by atoms with Crippen molar-refractivity contribution in [3.05, 3.63) is 81.8 Å². The fourth-order valence-corrected chi connectivity index (χ4v) is 3.79. The molecule has 1 heterocycles. The van der Waals surface area contributed by atoms with Crippen molar-refractivity contribution in [2.24, 2.45) is 0 Å². The number of hydrogen-bond acceptors (Lipinski definition) is 2. The highest BCUT2D eigenvalue weighted by Gasteiger charge is 2.27. The fourth-order valence-electron chi connectivity index (χ4n) is 3.79. The summed E-state index contributed by atoms with van der Waals surface area (Å²) >= 11 is 0. The van der Waals surface area contributed by atoms with E-state index in [-0.39, 0.29) is 17.5 Å². The first-order chi connectivity index (χ1) is 12.1. The van der Waals surface area contributed by atoms with Crippen LogP contribution >= 0.6 is 0 Å². The summed E-state index contributed by atoms with van der Waals surface area (Å²) in [6, 6.07) is 17.4. The highest BCUT2D eigenvalue weighted by molar-refractivity contribution is 5.96. The molecule has 2 aromatic carbocycles. The summed E-state index contributed by atoms with van der Waals surface area (Å²) in [7, 11) is 1.82. The van der Waals surface area contributed by atoms with E-state index in [9.17, 15) is 9.59 Å². The second-order valence-electron chi connectivity index (χ2n) is 6.62. The van der Waals surface area contributed by atoms with E-state index in [0.29, 0.717) is 11.1 Å². The number of H-pyrrole nitrogens is 1. The molecule has 0 radical (unpaired) electrons. The van der Waals surface area contributed by atoms with Gasteiger partial charge in [-0.3, -0.25) is 9.59 Å². The Bertz CT molecular complexity index is 1010. The van der Waals surface area contributed by atoms with Crippen molar-refractivity contribution in [1.29, 1.82) is 0 Å². The van der Waals surface area contributed by atoms with Gasteiger partial charge >= 0.3 is 0 Å². The molecule has 4 heteroatoms. The molecule has 0 spiro atoms. The lowest BCUT2D eigenvalue weighted by molar-refractivity contribution is 0.0709. The van der Waals surface area contributed by atoms with Gasteiger partial charge in [0.15, 0.2) is 0 Å². The van der Waals surface area contributed by atoms with Gasteiger partial charge < -0.3 is 9.88 Å². The van der Waals surface area contributed by atoms with E-state index in [0.717, 1.165) is 24.6 Å². The van der Waals surface area contributed by atoms with E-state index in [2.05, 4.69) is 17.1 Å². The second kappa shape index (κ2) is 6.20. The van der Waals surface area contributed by atoms with Gasteiger partial charge in [-0.05, 0) is 47.9 Å². The van der Waals surface area contributed by atoms with E-state index in [1.54, 1.807) is 17.0 Å². The lowest BCUT2D eigenvalue weighted by Crippen LogP contribution is -2.34. The van der Waals surface area contributed by atoms with Crippen LogP contribution in [0.1, 0.15) is 40.5 Å². The molecule has 1 amide bonds. The molecule has 1 aliphatic rings. The highest BCUT2D eigenvalue weighted by Crippen LogP contribution is 2.34. The van der Waals surface area contributed by atoms with Crippen LogP contribution in [-0.4, -0.2) is 22.8 Å². The molecule has 0 fully saturated rings. The van der Waals surface area contributed by atoms with Crippen LogP contribution in [0.25, 0.3) is 10.8 Å². The summed E-state index contributed by atoms with van der Waals surface area (Å²) in [5.41, 5.74) is 2.64. The molecule has 1 aliphatic carbocycles. The minimum Gasteiger partial charge on any atom is -0.333 e. The predicted octanol–water partition coefficient (Wildman–Crippen LogP) is 3.68. The van der Waals surface area contributed by atoms with Crippen molar-refractivity contribution >= 4 is 16.7 Å². The van der Waals surface area contributed by atoms with Crippen LogP contribution in [0.15, 0.2) is 59.4 Å². The summed E-state index contributed by atoms with van der Waals surface area (Å²) in [4.78, 5) is 29.8. The van der Waals surface area contributed by atoms with Crippen LogP contribution in [0.2, 0.25) is 0 Å². The average molecular weight is 332 g/mol. The number of aryl methyl sites for hydroxylation is 1. The Morgan fingerprint density at radius 2 is 1.88 bits per heavy atom. The number of rotatable bonds is 2. The Morgan fingerprint density at radius 1 is 1.12 bits per heavy atom. The van der Waals surface area contributed by atoms with E-state index in [1.165, 1.54) is 11.1 Å². The highest BCUT2D eigenvalue weighted by atomic mass is 16.2. The van der Waals surface area contributed by atoms with Gasteiger partial charge in [-0.15, -0.1) is 0 Å². The molecular weight excluding hydrogens is 312 g/mol. The minimum atomic E-state index is -0.223. The Labute approximate surface area is 146 Å². The van der Waals surface area contributed by atoms with Crippen molar-refractivity contribution in [3.63, 3.8) is 0 Å². The molecule has 1 atom stereocenters. The van der Waals surface area contributed by atoms with Crippen LogP contribution in [0.5, 0.6) is 0 Å². The number of amides is 1.